The second-order valence-electron chi connectivity index (χ2n) is 6.17. The van der Waals surface area contributed by atoms with Gasteiger partial charge in [-0.25, -0.2) is 9.07 Å². The molecule has 7 heteroatoms. The molecular formula is C20H19FN4OS. The van der Waals surface area contributed by atoms with Gasteiger partial charge in [-0.2, -0.15) is 5.10 Å². The molecule has 1 atom stereocenters. The van der Waals surface area contributed by atoms with Crippen molar-refractivity contribution in [3.8, 4) is 11.3 Å². The van der Waals surface area contributed by atoms with Gasteiger partial charge in [-0.05, 0) is 37.1 Å². The van der Waals surface area contributed by atoms with Crippen LogP contribution in [0.15, 0.2) is 64.1 Å². The maximum Gasteiger partial charge on any atom is 0.206 e. The van der Waals surface area contributed by atoms with Gasteiger partial charge in [0.05, 0.1) is 30.3 Å². The van der Waals surface area contributed by atoms with Crippen molar-refractivity contribution in [1.82, 2.24) is 9.66 Å². The van der Waals surface area contributed by atoms with Crippen LogP contribution < -0.4 is 4.80 Å². The van der Waals surface area contributed by atoms with Crippen molar-refractivity contribution in [2.24, 2.45) is 10.1 Å². The van der Waals surface area contributed by atoms with E-state index >= 15 is 0 Å². The summed E-state index contributed by atoms with van der Waals surface area (Å²) in [6, 6.07) is 12.3. The lowest BCUT2D eigenvalue weighted by Gasteiger charge is -2.06. The third-order valence-electron chi connectivity index (χ3n) is 4.28. The minimum atomic E-state index is -0.289. The molecule has 0 radical (unpaired) electrons. The zero-order valence-electron chi connectivity index (χ0n) is 14.7. The second-order valence-corrected chi connectivity index (χ2v) is 7.01. The standard InChI is InChI=1S/C20H19FN4OS/c21-18-9-2-1-8-17(18)19-14-27-20(23-13-16-7-5-11-26-16)25(19)24-12-15-6-3-4-10-22-15/h1-4,6,8-10,12,14,16H,5,7,11,13H2/b23-20?,24-12-/t16-/m1/s1. The van der Waals surface area contributed by atoms with E-state index in [1.165, 1.54) is 17.4 Å². The normalized spacial score (nSPS) is 17.8. The van der Waals surface area contributed by atoms with Gasteiger partial charge in [0.25, 0.3) is 0 Å². The van der Waals surface area contributed by atoms with E-state index in [4.69, 9.17) is 4.74 Å². The zero-order valence-corrected chi connectivity index (χ0v) is 15.5. The fraction of sp³-hybridized carbons (Fsp3) is 0.250. The van der Waals surface area contributed by atoms with Crippen molar-refractivity contribution in [2.75, 3.05) is 13.2 Å². The van der Waals surface area contributed by atoms with Gasteiger partial charge >= 0.3 is 0 Å². The van der Waals surface area contributed by atoms with Gasteiger partial charge in [0.1, 0.15) is 5.82 Å². The largest absolute Gasteiger partial charge is 0.376 e. The minimum absolute atomic E-state index is 0.150. The van der Waals surface area contributed by atoms with Crippen LogP contribution in [0.25, 0.3) is 11.3 Å². The molecule has 0 N–H and O–H groups in total. The molecule has 3 heterocycles. The topological polar surface area (TPSA) is 51.8 Å². The number of pyridine rings is 1. The molecule has 1 aromatic carbocycles. The van der Waals surface area contributed by atoms with Crippen molar-refractivity contribution in [3.05, 3.63) is 70.4 Å². The van der Waals surface area contributed by atoms with Crippen molar-refractivity contribution < 1.29 is 9.13 Å². The summed E-state index contributed by atoms with van der Waals surface area (Å²) in [4.78, 5) is 9.63. The predicted octanol–water partition coefficient (Wildman–Crippen LogP) is 3.71. The van der Waals surface area contributed by atoms with Gasteiger partial charge in [-0.15, -0.1) is 11.3 Å². The van der Waals surface area contributed by atoms with Gasteiger partial charge in [0.15, 0.2) is 0 Å². The molecule has 0 unspecified atom stereocenters. The number of ether oxygens (including phenoxy) is 1. The summed E-state index contributed by atoms with van der Waals surface area (Å²) in [5.74, 6) is -0.289. The summed E-state index contributed by atoms with van der Waals surface area (Å²) in [5.41, 5.74) is 1.88. The Kier molecular flexibility index (Phi) is 5.50. The average molecular weight is 382 g/mol. The van der Waals surface area contributed by atoms with Crippen molar-refractivity contribution >= 4 is 17.6 Å². The minimum Gasteiger partial charge on any atom is -0.376 e. The quantitative estimate of drug-likeness (QED) is 0.632. The van der Waals surface area contributed by atoms with Crippen molar-refractivity contribution in [3.63, 3.8) is 0 Å². The monoisotopic (exact) mass is 382 g/mol. The van der Waals surface area contributed by atoms with E-state index in [0.29, 0.717) is 22.6 Å². The molecule has 0 amide bonds. The lowest BCUT2D eigenvalue weighted by Crippen LogP contribution is -2.17. The van der Waals surface area contributed by atoms with E-state index in [-0.39, 0.29) is 11.9 Å². The van der Waals surface area contributed by atoms with E-state index in [2.05, 4.69) is 15.1 Å². The third-order valence-corrected chi connectivity index (χ3v) is 5.14. The van der Waals surface area contributed by atoms with Gasteiger partial charge in [0, 0.05) is 23.7 Å². The molecule has 1 fully saturated rings. The number of halogens is 1. The highest BCUT2D eigenvalue weighted by Gasteiger charge is 2.15. The van der Waals surface area contributed by atoms with Crippen LogP contribution in [0, 0.1) is 5.82 Å². The van der Waals surface area contributed by atoms with Crippen LogP contribution in [0.3, 0.4) is 0 Å². The van der Waals surface area contributed by atoms with E-state index in [1.807, 2.05) is 29.6 Å². The number of aromatic nitrogens is 2. The van der Waals surface area contributed by atoms with Crippen molar-refractivity contribution in [1.29, 1.82) is 0 Å². The van der Waals surface area contributed by atoms with Crippen LogP contribution in [-0.4, -0.2) is 35.1 Å². The summed E-state index contributed by atoms with van der Waals surface area (Å²) < 4.78 is 21.7. The molecule has 5 nitrogen and oxygen atoms in total. The molecule has 1 aliphatic heterocycles. The SMILES string of the molecule is Fc1ccccc1-c1csc(=NC[C@H]2CCCO2)n1/N=C\c1ccccn1. The number of nitrogens with zero attached hydrogens (tertiary/aromatic N) is 4. The highest BCUT2D eigenvalue weighted by molar-refractivity contribution is 7.07. The van der Waals surface area contributed by atoms with Gasteiger partial charge in [0.2, 0.25) is 4.80 Å². The zero-order chi connectivity index (χ0) is 18.5. The van der Waals surface area contributed by atoms with E-state index in [1.54, 1.807) is 29.2 Å². The summed E-state index contributed by atoms with van der Waals surface area (Å²) in [5, 5.41) is 6.41. The number of hydrogen-bond donors (Lipinski definition) is 0. The number of thiazole rings is 1. The first-order valence-electron chi connectivity index (χ1n) is 8.84. The Balaban J connectivity index is 1.74. The Morgan fingerprint density at radius 2 is 2.15 bits per heavy atom. The summed E-state index contributed by atoms with van der Waals surface area (Å²) in [6.45, 7) is 1.37. The lowest BCUT2D eigenvalue weighted by atomic mass is 10.1. The average Bonchev–Trinajstić information content (AvgIpc) is 3.36. The molecule has 3 aromatic rings. The molecule has 1 saturated heterocycles. The van der Waals surface area contributed by atoms with Crippen LogP contribution in [-0.2, 0) is 4.74 Å². The second kappa shape index (κ2) is 8.37. The third kappa shape index (κ3) is 4.20. The first-order chi connectivity index (χ1) is 13.3. The van der Waals surface area contributed by atoms with Crippen LogP contribution in [0.1, 0.15) is 18.5 Å². The molecule has 27 heavy (non-hydrogen) atoms. The van der Waals surface area contributed by atoms with Gasteiger partial charge in [-0.1, -0.05) is 18.2 Å². The summed E-state index contributed by atoms with van der Waals surface area (Å²) >= 11 is 1.44. The Bertz CT molecular complexity index is 990. The molecule has 0 aliphatic carbocycles. The molecule has 0 spiro atoms. The molecule has 2 aromatic heterocycles. The van der Waals surface area contributed by atoms with E-state index in [0.717, 1.165) is 25.1 Å². The Morgan fingerprint density at radius 3 is 2.93 bits per heavy atom. The summed E-state index contributed by atoms with van der Waals surface area (Å²) in [7, 11) is 0. The predicted molar refractivity (Wildman–Crippen MR) is 104 cm³/mol. The first-order valence-corrected chi connectivity index (χ1v) is 9.72. The van der Waals surface area contributed by atoms with Gasteiger partial charge in [-0.3, -0.25) is 9.98 Å². The van der Waals surface area contributed by atoms with Crippen LogP contribution in [0.2, 0.25) is 0 Å². The molecule has 1 aliphatic rings. The highest BCUT2D eigenvalue weighted by Crippen LogP contribution is 2.23. The summed E-state index contributed by atoms with van der Waals surface area (Å²) in [6.07, 6.45) is 5.61. The smallest absolute Gasteiger partial charge is 0.206 e. The first kappa shape index (κ1) is 17.8. The lowest BCUT2D eigenvalue weighted by molar-refractivity contribution is 0.117. The van der Waals surface area contributed by atoms with Crippen LogP contribution in [0.5, 0.6) is 0 Å². The fourth-order valence-electron chi connectivity index (χ4n) is 2.91. The van der Waals surface area contributed by atoms with Crippen LogP contribution in [0.4, 0.5) is 4.39 Å². The molecule has 0 saturated carbocycles. The van der Waals surface area contributed by atoms with E-state index < -0.39 is 0 Å². The molecule has 138 valence electrons. The number of rotatable bonds is 5. The Labute approximate surface area is 160 Å². The Morgan fingerprint density at radius 1 is 1.26 bits per heavy atom. The Hall–Kier alpha value is -2.64. The maximum absolute atomic E-state index is 14.3. The van der Waals surface area contributed by atoms with Crippen molar-refractivity contribution in [2.45, 2.75) is 18.9 Å². The highest BCUT2D eigenvalue weighted by atomic mass is 32.1. The molecular weight excluding hydrogens is 363 g/mol. The van der Waals surface area contributed by atoms with E-state index in [9.17, 15) is 4.39 Å². The maximum atomic E-state index is 14.3. The fourth-order valence-corrected chi connectivity index (χ4v) is 3.75. The van der Waals surface area contributed by atoms with Crippen LogP contribution >= 0.6 is 11.3 Å². The van der Waals surface area contributed by atoms with Gasteiger partial charge < -0.3 is 4.74 Å². The molecule has 0 bridgehead atoms. The molecule has 4 rings (SSSR count). The number of hydrogen-bond acceptors (Lipinski definition) is 5. The number of benzene rings is 1.